The molecule has 0 saturated heterocycles. The summed E-state index contributed by atoms with van der Waals surface area (Å²) in [7, 11) is 0. The summed E-state index contributed by atoms with van der Waals surface area (Å²) < 4.78 is 1.70. The molecule has 1 heterocycles. The molecule has 0 atom stereocenters. The van der Waals surface area contributed by atoms with Gasteiger partial charge in [-0.1, -0.05) is 11.6 Å². The summed E-state index contributed by atoms with van der Waals surface area (Å²) in [6.45, 7) is -0.107. The summed E-state index contributed by atoms with van der Waals surface area (Å²) in [5.74, 6) is 0.196. The first-order chi connectivity index (χ1) is 10.2. The van der Waals surface area contributed by atoms with Gasteiger partial charge in [-0.25, -0.2) is 4.68 Å². The van der Waals surface area contributed by atoms with E-state index in [0.29, 0.717) is 10.7 Å². The van der Waals surface area contributed by atoms with E-state index in [1.54, 1.807) is 47.3 Å². The van der Waals surface area contributed by atoms with Gasteiger partial charge in [0.05, 0.1) is 18.0 Å². The second kappa shape index (κ2) is 5.60. The molecule has 21 heavy (non-hydrogen) atoms. The lowest BCUT2D eigenvalue weighted by Gasteiger charge is -2.01. The Morgan fingerprint density at radius 2 is 1.67 bits per heavy atom. The van der Waals surface area contributed by atoms with Crippen molar-refractivity contribution in [3.05, 3.63) is 65.3 Å². The molecule has 5 heteroatoms. The molecule has 4 nitrogen and oxygen atoms in total. The normalized spacial score (nSPS) is 10.8. The lowest BCUT2D eigenvalue weighted by molar-refractivity contribution is 0.282. The van der Waals surface area contributed by atoms with Gasteiger partial charge in [-0.05, 0) is 48.5 Å². The number of aliphatic hydroxyl groups is 1. The van der Waals surface area contributed by atoms with Crippen LogP contribution in [-0.2, 0) is 6.61 Å². The first-order valence-electron chi connectivity index (χ1n) is 6.42. The zero-order valence-corrected chi connectivity index (χ0v) is 11.8. The summed E-state index contributed by atoms with van der Waals surface area (Å²) in [6, 6.07) is 14.0. The maximum atomic E-state index is 9.51. The minimum atomic E-state index is -0.107. The predicted octanol–water partition coefficient (Wildman–Crippen LogP) is 3.39. The summed E-state index contributed by atoms with van der Waals surface area (Å²) in [5, 5.41) is 24.0. The van der Waals surface area contributed by atoms with Crippen LogP contribution >= 0.6 is 11.6 Å². The van der Waals surface area contributed by atoms with E-state index in [2.05, 4.69) is 5.10 Å². The number of aromatic hydroxyl groups is 1. The van der Waals surface area contributed by atoms with E-state index in [9.17, 15) is 10.2 Å². The van der Waals surface area contributed by atoms with Crippen molar-refractivity contribution in [3.8, 4) is 22.7 Å². The Bertz CT molecular complexity index is 749. The Balaban J connectivity index is 2.05. The number of phenolic OH excluding ortho intramolecular Hbond substituents is 1. The van der Waals surface area contributed by atoms with Gasteiger partial charge in [0.25, 0.3) is 0 Å². The van der Waals surface area contributed by atoms with Crippen LogP contribution in [0.25, 0.3) is 16.9 Å². The first-order valence-corrected chi connectivity index (χ1v) is 6.80. The van der Waals surface area contributed by atoms with E-state index in [4.69, 9.17) is 11.6 Å². The third-order valence-corrected chi connectivity index (χ3v) is 3.44. The Morgan fingerprint density at radius 1 is 1.00 bits per heavy atom. The van der Waals surface area contributed by atoms with Crippen LogP contribution in [0.2, 0.25) is 5.02 Å². The molecule has 3 aromatic rings. The second-order valence-corrected chi connectivity index (χ2v) is 5.07. The highest BCUT2D eigenvalue weighted by Crippen LogP contribution is 2.25. The van der Waals surface area contributed by atoms with Gasteiger partial charge in [-0.3, -0.25) is 0 Å². The van der Waals surface area contributed by atoms with Crippen molar-refractivity contribution in [2.75, 3.05) is 0 Å². The highest BCUT2D eigenvalue weighted by molar-refractivity contribution is 6.30. The molecule has 0 aliphatic rings. The van der Waals surface area contributed by atoms with Crippen molar-refractivity contribution in [1.82, 2.24) is 9.78 Å². The molecular formula is C16H13ClN2O2. The highest BCUT2D eigenvalue weighted by Gasteiger charge is 2.11. The molecule has 2 aromatic carbocycles. The number of benzene rings is 2. The Kier molecular flexibility index (Phi) is 3.64. The topological polar surface area (TPSA) is 58.3 Å². The van der Waals surface area contributed by atoms with Crippen molar-refractivity contribution in [2.24, 2.45) is 0 Å². The van der Waals surface area contributed by atoms with Crippen LogP contribution in [0.3, 0.4) is 0 Å². The molecular weight excluding hydrogens is 288 g/mol. The van der Waals surface area contributed by atoms with E-state index in [0.717, 1.165) is 16.8 Å². The fourth-order valence-corrected chi connectivity index (χ4v) is 2.24. The van der Waals surface area contributed by atoms with Crippen LogP contribution in [0.15, 0.2) is 54.7 Å². The molecule has 0 aliphatic heterocycles. The smallest absolute Gasteiger partial charge is 0.115 e. The average molecular weight is 301 g/mol. The molecule has 0 radical (unpaired) electrons. The Morgan fingerprint density at radius 3 is 2.29 bits per heavy atom. The minimum Gasteiger partial charge on any atom is -0.508 e. The summed E-state index contributed by atoms with van der Waals surface area (Å²) in [5.41, 5.74) is 3.10. The van der Waals surface area contributed by atoms with Crippen LogP contribution in [0.5, 0.6) is 5.75 Å². The SMILES string of the molecule is OCc1cn(-c2ccc(Cl)cc2)nc1-c1ccc(O)cc1. The Hall–Kier alpha value is -2.30. The highest BCUT2D eigenvalue weighted by atomic mass is 35.5. The lowest BCUT2D eigenvalue weighted by atomic mass is 10.1. The van der Waals surface area contributed by atoms with Crippen molar-refractivity contribution in [3.63, 3.8) is 0 Å². The van der Waals surface area contributed by atoms with Crippen molar-refractivity contribution in [1.29, 1.82) is 0 Å². The van der Waals surface area contributed by atoms with Crippen LogP contribution in [-0.4, -0.2) is 20.0 Å². The molecule has 0 aliphatic carbocycles. The largest absolute Gasteiger partial charge is 0.508 e. The van der Waals surface area contributed by atoms with Gasteiger partial charge in [0.1, 0.15) is 5.75 Å². The number of halogens is 1. The minimum absolute atomic E-state index is 0.107. The molecule has 106 valence electrons. The molecule has 0 spiro atoms. The predicted molar refractivity (Wildman–Crippen MR) is 81.6 cm³/mol. The van der Waals surface area contributed by atoms with Crippen LogP contribution in [0.4, 0.5) is 0 Å². The van der Waals surface area contributed by atoms with E-state index in [-0.39, 0.29) is 12.4 Å². The van der Waals surface area contributed by atoms with E-state index in [1.807, 2.05) is 12.1 Å². The van der Waals surface area contributed by atoms with Crippen molar-refractivity contribution >= 4 is 11.6 Å². The van der Waals surface area contributed by atoms with Gasteiger partial charge in [0.15, 0.2) is 0 Å². The van der Waals surface area contributed by atoms with Crippen molar-refractivity contribution in [2.45, 2.75) is 6.61 Å². The van der Waals surface area contributed by atoms with Gasteiger partial charge >= 0.3 is 0 Å². The standard InChI is InChI=1S/C16H13ClN2O2/c17-13-3-5-14(6-4-13)19-9-12(10-20)16(18-19)11-1-7-15(21)8-2-11/h1-9,20-21H,10H2. The molecule has 0 unspecified atom stereocenters. The second-order valence-electron chi connectivity index (χ2n) is 4.63. The van der Waals surface area contributed by atoms with Gasteiger partial charge in [-0.2, -0.15) is 5.10 Å². The number of hydrogen-bond acceptors (Lipinski definition) is 3. The van der Waals surface area contributed by atoms with Crippen molar-refractivity contribution < 1.29 is 10.2 Å². The number of aromatic nitrogens is 2. The van der Waals surface area contributed by atoms with Crippen LogP contribution in [0, 0.1) is 0 Å². The lowest BCUT2D eigenvalue weighted by Crippen LogP contribution is -1.94. The molecule has 0 fully saturated rings. The molecule has 1 aromatic heterocycles. The quantitative estimate of drug-likeness (QED) is 0.779. The monoisotopic (exact) mass is 300 g/mol. The molecule has 0 saturated carbocycles. The maximum Gasteiger partial charge on any atom is 0.115 e. The van der Waals surface area contributed by atoms with E-state index >= 15 is 0 Å². The molecule has 0 bridgehead atoms. The zero-order valence-electron chi connectivity index (χ0n) is 11.1. The maximum absolute atomic E-state index is 9.51. The Labute approximate surface area is 126 Å². The molecule has 0 amide bonds. The van der Waals surface area contributed by atoms with Crippen LogP contribution < -0.4 is 0 Å². The number of rotatable bonds is 3. The first kappa shape index (κ1) is 13.7. The number of phenols is 1. The average Bonchev–Trinajstić information content (AvgIpc) is 2.93. The van der Waals surface area contributed by atoms with E-state index in [1.165, 1.54) is 0 Å². The summed E-state index contributed by atoms with van der Waals surface area (Å²) >= 11 is 5.88. The molecule has 3 rings (SSSR count). The van der Waals surface area contributed by atoms with Gasteiger partial charge < -0.3 is 10.2 Å². The fourth-order valence-electron chi connectivity index (χ4n) is 2.11. The van der Waals surface area contributed by atoms with Gasteiger partial charge in [0.2, 0.25) is 0 Å². The zero-order chi connectivity index (χ0) is 14.8. The van der Waals surface area contributed by atoms with Gasteiger partial charge in [-0.15, -0.1) is 0 Å². The van der Waals surface area contributed by atoms with Crippen LogP contribution in [0.1, 0.15) is 5.56 Å². The summed E-state index contributed by atoms with van der Waals surface area (Å²) in [6.07, 6.45) is 1.78. The third-order valence-electron chi connectivity index (χ3n) is 3.19. The third kappa shape index (κ3) is 2.77. The van der Waals surface area contributed by atoms with E-state index < -0.39 is 0 Å². The fraction of sp³-hybridized carbons (Fsp3) is 0.0625. The summed E-state index contributed by atoms with van der Waals surface area (Å²) in [4.78, 5) is 0. The molecule has 2 N–H and O–H groups in total. The number of nitrogens with zero attached hydrogens (tertiary/aromatic N) is 2. The number of hydrogen-bond donors (Lipinski definition) is 2. The van der Waals surface area contributed by atoms with Gasteiger partial charge in [0, 0.05) is 22.3 Å². The number of aliphatic hydroxyl groups excluding tert-OH is 1.